The maximum absolute atomic E-state index is 13.2. The molecular weight excluding hydrogens is 375 g/mol. The molecule has 9 heteroatoms. The van der Waals surface area contributed by atoms with E-state index in [9.17, 15) is 17.6 Å². The zero-order valence-electron chi connectivity index (χ0n) is 12.1. The molecule has 0 unspecified atom stereocenters. The Labute approximate surface area is 147 Å². The molecule has 1 saturated heterocycles. The van der Waals surface area contributed by atoms with Crippen LogP contribution in [0.15, 0.2) is 47.4 Å². The molecule has 24 heavy (non-hydrogen) atoms. The lowest BCUT2D eigenvalue weighted by Crippen LogP contribution is -2.19. The first-order valence-corrected chi connectivity index (χ1v) is 9.75. The highest BCUT2D eigenvalue weighted by atomic mass is 35.5. The fourth-order valence-electron chi connectivity index (χ4n) is 2.19. The molecule has 2 N–H and O–H groups in total. The monoisotopic (exact) mass is 386 g/mol. The lowest BCUT2D eigenvalue weighted by molar-refractivity contribution is -0.118. The lowest BCUT2D eigenvalue weighted by atomic mass is 10.2. The molecule has 1 amide bonds. The molecule has 1 aliphatic heterocycles. The van der Waals surface area contributed by atoms with Crippen molar-refractivity contribution in [3.05, 3.63) is 58.9 Å². The minimum atomic E-state index is -3.90. The predicted octanol–water partition coefficient (Wildman–Crippen LogP) is 3.14. The number of amides is 1. The second-order valence-electron chi connectivity index (χ2n) is 5.07. The van der Waals surface area contributed by atoms with Gasteiger partial charge in [0.15, 0.2) is 0 Å². The van der Waals surface area contributed by atoms with Crippen LogP contribution >= 0.6 is 23.4 Å². The van der Waals surface area contributed by atoms with E-state index in [2.05, 4.69) is 10.0 Å². The van der Waals surface area contributed by atoms with Gasteiger partial charge in [-0.1, -0.05) is 23.7 Å². The van der Waals surface area contributed by atoms with E-state index in [1.54, 1.807) is 24.3 Å². The number of anilines is 1. The molecule has 2 aromatic rings. The molecule has 0 bridgehead atoms. The Bertz CT molecular complexity index is 905. The molecule has 0 radical (unpaired) electrons. The summed E-state index contributed by atoms with van der Waals surface area (Å²) < 4.78 is 40.4. The van der Waals surface area contributed by atoms with E-state index >= 15 is 0 Å². The van der Waals surface area contributed by atoms with Crippen molar-refractivity contribution in [1.82, 2.24) is 5.32 Å². The van der Waals surface area contributed by atoms with Gasteiger partial charge in [0.25, 0.3) is 10.0 Å². The third-order valence-electron chi connectivity index (χ3n) is 3.32. The highest BCUT2D eigenvalue weighted by molar-refractivity contribution is 8.00. The van der Waals surface area contributed by atoms with Crippen LogP contribution < -0.4 is 10.0 Å². The van der Waals surface area contributed by atoms with Crippen molar-refractivity contribution >= 4 is 45.0 Å². The molecule has 0 aromatic heterocycles. The largest absolute Gasteiger partial charge is 0.339 e. The van der Waals surface area contributed by atoms with E-state index in [-0.39, 0.29) is 21.2 Å². The van der Waals surface area contributed by atoms with Gasteiger partial charge < -0.3 is 5.32 Å². The Balaban J connectivity index is 1.84. The number of hydrogen-bond donors (Lipinski definition) is 2. The van der Waals surface area contributed by atoms with E-state index in [4.69, 9.17) is 11.6 Å². The molecule has 1 fully saturated rings. The van der Waals surface area contributed by atoms with Crippen molar-refractivity contribution in [3.8, 4) is 0 Å². The first-order chi connectivity index (χ1) is 11.3. The van der Waals surface area contributed by atoms with Crippen molar-refractivity contribution in [2.45, 2.75) is 10.3 Å². The predicted molar refractivity (Wildman–Crippen MR) is 92.0 cm³/mol. The number of carbonyl (C=O) groups is 1. The zero-order valence-corrected chi connectivity index (χ0v) is 14.5. The SMILES string of the molecule is O=C1CS[C@@H](c2cccc(NS(=O)(=O)c3ccc(F)c(Cl)c3)c2)N1. The van der Waals surface area contributed by atoms with Gasteiger partial charge in [-0.25, -0.2) is 12.8 Å². The molecule has 3 rings (SSSR count). The summed E-state index contributed by atoms with van der Waals surface area (Å²) in [5.41, 5.74) is 1.12. The van der Waals surface area contributed by atoms with E-state index in [0.29, 0.717) is 11.4 Å². The normalized spacial score (nSPS) is 17.6. The van der Waals surface area contributed by atoms with Crippen LogP contribution in [0.2, 0.25) is 5.02 Å². The molecular formula is C15H12ClFN2O3S2. The Kier molecular flexibility index (Phi) is 4.71. The minimum absolute atomic E-state index is 0.0584. The van der Waals surface area contributed by atoms with E-state index in [1.165, 1.54) is 11.8 Å². The standard InChI is InChI=1S/C15H12ClFN2O3S2/c16-12-7-11(4-5-13(12)17)24(21,22)19-10-3-1-2-9(6-10)15-18-14(20)8-23-15/h1-7,15,19H,8H2,(H,18,20)/t15-/m0/s1. The number of halogens is 2. The second kappa shape index (κ2) is 6.62. The molecule has 0 saturated carbocycles. The maximum atomic E-state index is 13.2. The molecule has 1 aliphatic rings. The number of benzene rings is 2. The van der Waals surface area contributed by atoms with E-state index in [1.807, 2.05) is 0 Å². The Hall–Kier alpha value is -1.77. The van der Waals surface area contributed by atoms with Crippen LogP contribution in [-0.4, -0.2) is 20.1 Å². The van der Waals surface area contributed by atoms with Gasteiger partial charge in [-0.15, -0.1) is 11.8 Å². The molecule has 2 aromatic carbocycles. The third kappa shape index (κ3) is 3.66. The topological polar surface area (TPSA) is 75.3 Å². The molecule has 126 valence electrons. The average Bonchev–Trinajstić information content (AvgIpc) is 2.96. The Morgan fingerprint density at radius 3 is 2.71 bits per heavy atom. The maximum Gasteiger partial charge on any atom is 0.261 e. The van der Waals surface area contributed by atoms with Gasteiger partial charge >= 0.3 is 0 Å². The fourth-order valence-corrected chi connectivity index (χ4v) is 4.47. The zero-order chi connectivity index (χ0) is 17.3. The highest BCUT2D eigenvalue weighted by Gasteiger charge is 2.23. The number of rotatable bonds is 4. The Morgan fingerprint density at radius 2 is 2.04 bits per heavy atom. The number of nitrogens with one attached hydrogen (secondary N) is 2. The van der Waals surface area contributed by atoms with Gasteiger partial charge in [0, 0.05) is 5.69 Å². The average molecular weight is 387 g/mol. The van der Waals surface area contributed by atoms with Crippen molar-refractivity contribution in [3.63, 3.8) is 0 Å². The van der Waals surface area contributed by atoms with Crippen LogP contribution in [0.25, 0.3) is 0 Å². The molecule has 0 aliphatic carbocycles. The van der Waals surface area contributed by atoms with Crippen molar-refractivity contribution in [2.24, 2.45) is 0 Å². The number of sulfonamides is 1. The summed E-state index contributed by atoms with van der Waals surface area (Å²) in [5, 5.41) is 2.32. The van der Waals surface area contributed by atoms with Gasteiger partial charge in [-0.3, -0.25) is 9.52 Å². The minimum Gasteiger partial charge on any atom is -0.339 e. The summed E-state index contributed by atoms with van der Waals surface area (Å²) in [6, 6.07) is 9.92. The van der Waals surface area contributed by atoms with Gasteiger partial charge in [0.05, 0.1) is 15.7 Å². The van der Waals surface area contributed by atoms with Gasteiger partial charge in [-0.2, -0.15) is 0 Å². The van der Waals surface area contributed by atoms with E-state index in [0.717, 1.165) is 23.8 Å². The number of thioether (sulfide) groups is 1. The molecule has 1 heterocycles. The van der Waals surface area contributed by atoms with Crippen LogP contribution in [-0.2, 0) is 14.8 Å². The summed E-state index contributed by atoms with van der Waals surface area (Å²) in [5.74, 6) is -0.377. The molecule has 1 atom stereocenters. The van der Waals surface area contributed by atoms with Crippen LogP contribution in [0, 0.1) is 5.82 Å². The summed E-state index contributed by atoms with van der Waals surface area (Å²) >= 11 is 7.07. The third-order valence-corrected chi connectivity index (χ3v) is 6.14. The summed E-state index contributed by atoms with van der Waals surface area (Å²) in [6.45, 7) is 0. The van der Waals surface area contributed by atoms with Gasteiger partial charge in [0.2, 0.25) is 5.91 Å². The smallest absolute Gasteiger partial charge is 0.261 e. The van der Waals surface area contributed by atoms with Crippen LogP contribution in [0.5, 0.6) is 0 Å². The second-order valence-corrected chi connectivity index (χ2v) is 8.25. The first-order valence-electron chi connectivity index (χ1n) is 6.84. The fraction of sp³-hybridized carbons (Fsp3) is 0.133. The number of carbonyl (C=O) groups excluding carboxylic acids is 1. The molecule has 0 spiro atoms. The van der Waals surface area contributed by atoms with Crippen LogP contribution in [0.4, 0.5) is 10.1 Å². The van der Waals surface area contributed by atoms with Crippen molar-refractivity contribution in [2.75, 3.05) is 10.5 Å². The van der Waals surface area contributed by atoms with Crippen LogP contribution in [0.1, 0.15) is 10.9 Å². The summed E-state index contributed by atoms with van der Waals surface area (Å²) in [7, 11) is -3.90. The van der Waals surface area contributed by atoms with Gasteiger partial charge in [-0.05, 0) is 35.9 Å². The van der Waals surface area contributed by atoms with Gasteiger partial charge in [0.1, 0.15) is 11.2 Å². The lowest BCUT2D eigenvalue weighted by Gasteiger charge is -2.13. The molecule has 5 nitrogen and oxygen atoms in total. The van der Waals surface area contributed by atoms with E-state index < -0.39 is 15.8 Å². The Morgan fingerprint density at radius 1 is 1.25 bits per heavy atom. The van der Waals surface area contributed by atoms with Crippen LogP contribution in [0.3, 0.4) is 0 Å². The summed E-state index contributed by atoms with van der Waals surface area (Å²) in [6.07, 6.45) is 0. The highest BCUT2D eigenvalue weighted by Crippen LogP contribution is 2.32. The summed E-state index contributed by atoms with van der Waals surface area (Å²) in [4.78, 5) is 11.2. The van der Waals surface area contributed by atoms with Crippen molar-refractivity contribution < 1.29 is 17.6 Å². The first kappa shape index (κ1) is 17.1. The van der Waals surface area contributed by atoms with Crippen molar-refractivity contribution in [1.29, 1.82) is 0 Å². The number of hydrogen-bond acceptors (Lipinski definition) is 4. The quantitative estimate of drug-likeness (QED) is 0.846.